The summed E-state index contributed by atoms with van der Waals surface area (Å²) in [4.78, 5) is 29.7. The van der Waals surface area contributed by atoms with Gasteiger partial charge in [-0.2, -0.15) is 0 Å². The van der Waals surface area contributed by atoms with Gasteiger partial charge in [-0.3, -0.25) is 9.78 Å². The Kier molecular flexibility index (Phi) is 12.8. The van der Waals surface area contributed by atoms with Crippen molar-refractivity contribution in [2.45, 2.75) is 54.5 Å². The summed E-state index contributed by atoms with van der Waals surface area (Å²) in [6, 6.07) is 7.94. The Morgan fingerprint density at radius 2 is 1.64 bits per heavy atom. The average Bonchev–Trinajstić information content (AvgIpc) is 2.69. The van der Waals surface area contributed by atoms with Crippen molar-refractivity contribution in [3.8, 4) is 11.1 Å². The van der Waals surface area contributed by atoms with Gasteiger partial charge in [-0.25, -0.2) is 4.79 Å². The Bertz CT molecular complexity index is 939. The van der Waals surface area contributed by atoms with Crippen molar-refractivity contribution in [3.05, 3.63) is 52.3 Å². The number of aromatic nitrogens is 1. The Balaban J connectivity index is 0.00000512. The number of nitrogens with two attached hydrogens (primary N) is 1. The number of pyridine rings is 1. The van der Waals surface area contributed by atoms with E-state index in [0.717, 1.165) is 34.4 Å². The van der Waals surface area contributed by atoms with Gasteiger partial charge >= 0.3 is 5.97 Å². The number of Topliss-reactive ketones (excluding diaryl/α,β-unsaturated/α-hetero) is 1. The van der Waals surface area contributed by atoms with Crippen molar-refractivity contribution < 1.29 is 19.1 Å². The second-order valence-corrected chi connectivity index (χ2v) is 8.93. The van der Waals surface area contributed by atoms with E-state index in [0.29, 0.717) is 17.9 Å². The highest BCUT2D eigenvalue weighted by Gasteiger charge is 2.26. The number of ketones is 1. The van der Waals surface area contributed by atoms with E-state index in [1.54, 1.807) is 13.8 Å². The third kappa shape index (κ3) is 8.70. The van der Waals surface area contributed by atoms with Gasteiger partial charge in [0.15, 0.2) is 12.4 Å². The Hall–Kier alpha value is -1.99. The van der Waals surface area contributed by atoms with E-state index in [-0.39, 0.29) is 55.8 Å². The van der Waals surface area contributed by atoms with Crippen LogP contribution in [0.25, 0.3) is 11.1 Å². The molecule has 2 aromatic rings. The number of hydrogen-bond donors (Lipinski definition) is 1. The van der Waals surface area contributed by atoms with Gasteiger partial charge < -0.3 is 15.2 Å². The minimum absolute atomic E-state index is 0. The molecule has 1 heterocycles. The number of benzene rings is 1. The maximum atomic E-state index is 13.1. The molecular weight excluding hydrogens is 463 g/mol. The van der Waals surface area contributed by atoms with E-state index in [1.807, 2.05) is 31.2 Å². The molecule has 1 aromatic carbocycles. The van der Waals surface area contributed by atoms with E-state index < -0.39 is 5.97 Å². The summed E-state index contributed by atoms with van der Waals surface area (Å²) < 4.78 is 10.4. The molecular formula is C25H36Cl2N2O4. The van der Waals surface area contributed by atoms with Gasteiger partial charge in [0.25, 0.3) is 0 Å². The van der Waals surface area contributed by atoms with Gasteiger partial charge in [0, 0.05) is 24.4 Å². The second-order valence-electron chi connectivity index (χ2n) is 8.93. The molecule has 0 aliphatic carbocycles. The highest BCUT2D eigenvalue weighted by atomic mass is 35.5. The normalized spacial score (nSPS) is 10.8. The minimum Gasteiger partial charge on any atom is -0.454 e. The van der Waals surface area contributed by atoms with Crippen molar-refractivity contribution in [1.29, 1.82) is 0 Å². The molecule has 2 N–H and O–H groups in total. The summed E-state index contributed by atoms with van der Waals surface area (Å²) in [5, 5.41) is 0. The summed E-state index contributed by atoms with van der Waals surface area (Å²) >= 11 is 0. The Morgan fingerprint density at radius 3 is 2.15 bits per heavy atom. The average molecular weight is 499 g/mol. The smallest absolute Gasteiger partial charge is 0.341 e. The maximum absolute atomic E-state index is 13.1. The first-order valence-electron chi connectivity index (χ1n) is 10.6. The van der Waals surface area contributed by atoms with E-state index in [4.69, 9.17) is 20.2 Å². The number of nitrogens with zero attached hydrogens (tertiary/aromatic N) is 1. The molecule has 2 rings (SSSR count). The molecule has 0 saturated heterocycles. The molecule has 0 bridgehead atoms. The van der Waals surface area contributed by atoms with Gasteiger partial charge in [-0.05, 0) is 43.7 Å². The monoisotopic (exact) mass is 498 g/mol. The Labute approximate surface area is 209 Å². The quantitative estimate of drug-likeness (QED) is 0.488. The van der Waals surface area contributed by atoms with Crippen LogP contribution in [-0.4, -0.2) is 36.6 Å². The number of rotatable bonds is 9. The summed E-state index contributed by atoms with van der Waals surface area (Å²) in [6.45, 7) is 12.3. The van der Waals surface area contributed by atoms with Crippen molar-refractivity contribution in [2.75, 3.05) is 19.8 Å². The van der Waals surface area contributed by atoms with Crippen LogP contribution in [0.3, 0.4) is 0 Å². The molecule has 0 spiro atoms. The summed E-state index contributed by atoms with van der Waals surface area (Å²) in [5.41, 5.74) is 11.5. The Morgan fingerprint density at radius 1 is 1.03 bits per heavy atom. The molecule has 8 heteroatoms. The number of carbonyl (C=O) groups excluding carboxylic acids is 2. The standard InChI is InChI=1S/C25H34N2O4.2ClH/c1-7-30-14-19(28)15-31-24(29)22-17(3)27-21(12-25(4,5)6)20(13-26)23(22)18-10-8-16(2)9-11-18;;/h8-11H,7,12-15,26H2,1-6H3;2*1H. The highest BCUT2D eigenvalue weighted by Crippen LogP contribution is 2.34. The predicted molar refractivity (Wildman–Crippen MR) is 136 cm³/mol. The van der Waals surface area contributed by atoms with Crippen LogP contribution in [-0.2, 0) is 27.2 Å². The summed E-state index contributed by atoms with van der Waals surface area (Å²) in [6.07, 6.45) is 0.724. The van der Waals surface area contributed by atoms with Crippen LogP contribution in [0.4, 0.5) is 0 Å². The molecule has 6 nitrogen and oxygen atoms in total. The van der Waals surface area contributed by atoms with Crippen molar-refractivity contribution >= 4 is 36.6 Å². The lowest BCUT2D eigenvalue weighted by molar-refractivity contribution is -0.126. The van der Waals surface area contributed by atoms with Gasteiger partial charge in [0.05, 0.1) is 11.3 Å². The van der Waals surface area contributed by atoms with Gasteiger partial charge in [0.1, 0.15) is 6.61 Å². The number of hydrogen-bond acceptors (Lipinski definition) is 6. The SMILES string of the molecule is CCOCC(=O)COC(=O)c1c(C)nc(CC(C)(C)C)c(CN)c1-c1ccc(C)cc1.Cl.Cl. The van der Waals surface area contributed by atoms with Crippen LogP contribution in [0, 0.1) is 19.3 Å². The topological polar surface area (TPSA) is 91.5 Å². The molecule has 0 atom stereocenters. The van der Waals surface area contributed by atoms with E-state index >= 15 is 0 Å². The fourth-order valence-corrected chi connectivity index (χ4v) is 3.43. The third-order valence-corrected chi connectivity index (χ3v) is 4.84. The number of halogens is 2. The van der Waals surface area contributed by atoms with E-state index in [2.05, 4.69) is 20.8 Å². The molecule has 0 amide bonds. The minimum atomic E-state index is -0.581. The van der Waals surface area contributed by atoms with Crippen LogP contribution in [0.5, 0.6) is 0 Å². The fraction of sp³-hybridized carbons (Fsp3) is 0.480. The maximum Gasteiger partial charge on any atom is 0.341 e. The van der Waals surface area contributed by atoms with Crippen LogP contribution < -0.4 is 5.73 Å². The molecule has 0 saturated carbocycles. The van der Waals surface area contributed by atoms with E-state index in [9.17, 15) is 9.59 Å². The van der Waals surface area contributed by atoms with Crippen LogP contribution in [0.1, 0.15) is 60.6 Å². The lowest BCUT2D eigenvalue weighted by atomic mass is 9.85. The largest absolute Gasteiger partial charge is 0.454 e. The zero-order chi connectivity index (χ0) is 23.2. The summed E-state index contributed by atoms with van der Waals surface area (Å²) in [7, 11) is 0. The number of carbonyl (C=O) groups is 2. The molecule has 0 unspecified atom stereocenters. The lowest BCUT2D eigenvalue weighted by Crippen LogP contribution is -2.22. The van der Waals surface area contributed by atoms with Crippen LogP contribution in [0.2, 0.25) is 0 Å². The van der Waals surface area contributed by atoms with Crippen LogP contribution >= 0.6 is 24.8 Å². The predicted octanol–water partition coefficient (Wildman–Crippen LogP) is 5.02. The molecule has 0 radical (unpaired) electrons. The molecule has 0 fully saturated rings. The number of aryl methyl sites for hydroxylation is 2. The fourth-order valence-electron chi connectivity index (χ4n) is 3.43. The summed E-state index contributed by atoms with van der Waals surface area (Å²) in [5.74, 6) is -0.872. The first-order chi connectivity index (χ1) is 14.6. The number of esters is 1. The second kappa shape index (κ2) is 13.7. The highest BCUT2D eigenvalue weighted by molar-refractivity contribution is 6.00. The molecule has 184 valence electrons. The lowest BCUT2D eigenvalue weighted by Gasteiger charge is -2.24. The van der Waals surface area contributed by atoms with Crippen LogP contribution in [0.15, 0.2) is 24.3 Å². The molecule has 33 heavy (non-hydrogen) atoms. The van der Waals surface area contributed by atoms with E-state index in [1.165, 1.54) is 0 Å². The molecule has 0 aliphatic heterocycles. The van der Waals surface area contributed by atoms with Gasteiger partial charge in [-0.15, -0.1) is 24.8 Å². The first kappa shape index (κ1) is 31.0. The van der Waals surface area contributed by atoms with Gasteiger partial charge in [0.2, 0.25) is 0 Å². The molecule has 0 aliphatic rings. The van der Waals surface area contributed by atoms with Crippen molar-refractivity contribution in [2.24, 2.45) is 11.1 Å². The molecule has 1 aromatic heterocycles. The van der Waals surface area contributed by atoms with Crippen molar-refractivity contribution in [3.63, 3.8) is 0 Å². The van der Waals surface area contributed by atoms with Gasteiger partial charge in [-0.1, -0.05) is 50.6 Å². The first-order valence-corrected chi connectivity index (χ1v) is 10.6. The zero-order valence-electron chi connectivity index (χ0n) is 20.3. The van der Waals surface area contributed by atoms with Crippen molar-refractivity contribution in [1.82, 2.24) is 4.98 Å². The third-order valence-electron chi connectivity index (χ3n) is 4.84. The number of ether oxygens (including phenoxy) is 2. The zero-order valence-corrected chi connectivity index (χ0v) is 22.0.